The number of ether oxygens (including phenoxy) is 1. The zero-order valence-corrected chi connectivity index (χ0v) is 18.2. The summed E-state index contributed by atoms with van der Waals surface area (Å²) in [5.74, 6) is 0.276. The first-order valence-corrected chi connectivity index (χ1v) is 11.4. The van der Waals surface area contributed by atoms with Crippen LogP contribution >= 0.6 is 11.3 Å². The van der Waals surface area contributed by atoms with Crippen molar-refractivity contribution < 1.29 is 9.53 Å². The van der Waals surface area contributed by atoms with Crippen LogP contribution < -0.4 is 5.32 Å². The fourth-order valence-corrected chi connectivity index (χ4v) is 4.92. The number of amides is 1. The van der Waals surface area contributed by atoms with Crippen LogP contribution in [-0.4, -0.2) is 40.4 Å². The summed E-state index contributed by atoms with van der Waals surface area (Å²) in [5.41, 5.74) is 5.85. The smallest absolute Gasteiger partial charge is 0.269 e. The zero-order chi connectivity index (χ0) is 21.2. The Morgan fingerprint density at radius 3 is 2.94 bits per heavy atom. The molecule has 1 unspecified atom stereocenters. The number of aryl methyl sites for hydroxylation is 1. The maximum atomic E-state index is 12.8. The second kappa shape index (κ2) is 8.61. The first kappa shape index (κ1) is 19.9. The van der Waals surface area contributed by atoms with E-state index in [4.69, 9.17) is 4.74 Å². The summed E-state index contributed by atoms with van der Waals surface area (Å²) in [6.45, 7) is 4.18. The number of hydrogen-bond acceptors (Lipinski definition) is 5. The fraction of sp³-hybridized carbons (Fsp3) is 0.292. The average Bonchev–Trinajstić information content (AvgIpc) is 3.56. The standard InChI is InChI=1S/C24H24N4O2S/c1-16-15-31-23-19(11-17-3-5-20(6-4-17)28-9-2-8-26-28)12-21(27-22(16)23)24(29)25-13-18-7-10-30-14-18/h2-6,8-9,12,15,18H,7,10-11,13-14H2,1H3,(H,25,29). The summed E-state index contributed by atoms with van der Waals surface area (Å²) < 4.78 is 8.39. The predicted octanol–water partition coefficient (Wildman–Crippen LogP) is 4.15. The number of pyridine rings is 1. The van der Waals surface area contributed by atoms with Gasteiger partial charge in [0.1, 0.15) is 5.69 Å². The topological polar surface area (TPSA) is 69.0 Å². The summed E-state index contributed by atoms with van der Waals surface area (Å²) >= 11 is 1.69. The van der Waals surface area contributed by atoms with Crippen LogP contribution in [0.2, 0.25) is 0 Å². The third kappa shape index (κ3) is 4.24. The summed E-state index contributed by atoms with van der Waals surface area (Å²) in [6, 6.07) is 12.2. The van der Waals surface area contributed by atoms with E-state index in [9.17, 15) is 4.79 Å². The summed E-state index contributed by atoms with van der Waals surface area (Å²) in [4.78, 5) is 17.5. The summed E-state index contributed by atoms with van der Waals surface area (Å²) in [7, 11) is 0. The molecule has 0 spiro atoms. The van der Waals surface area contributed by atoms with Gasteiger partial charge in [-0.3, -0.25) is 4.79 Å². The molecule has 0 bridgehead atoms. The number of thiophene rings is 1. The van der Waals surface area contributed by atoms with E-state index in [0.29, 0.717) is 18.2 Å². The van der Waals surface area contributed by atoms with Gasteiger partial charge < -0.3 is 10.1 Å². The Morgan fingerprint density at radius 2 is 2.19 bits per heavy atom. The van der Waals surface area contributed by atoms with Gasteiger partial charge in [-0.1, -0.05) is 12.1 Å². The molecular formula is C24H24N4O2S. The number of nitrogens with zero attached hydrogens (tertiary/aromatic N) is 3. The highest BCUT2D eigenvalue weighted by atomic mass is 32.1. The minimum atomic E-state index is -0.116. The number of aromatic nitrogens is 3. The molecule has 1 aliphatic heterocycles. The molecule has 3 aromatic heterocycles. The van der Waals surface area contributed by atoms with Crippen molar-refractivity contribution in [3.05, 3.63) is 76.6 Å². The van der Waals surface area contributed by atoms with E-state index in [2.05, 4.69) is 45.0 Å². The van der Waals surface area contributed by atoms with Gasteiger partial charge in [0.25, 0.3) is 5.91 Å². The van der Waals surface area contributed by atoms with Crippen molar-refractivity contribution in [3.63, 3.8) is 0 Å². The lowest BCUT2D eigenvalue weighted by molar-refractivity contribution is 0.0940. The van der Waals surface area contributed by atoms with Crippen LogP contribution in [0.3, 0.4) is 0 Å². The van der Waals surface area contributed by atoms with Crippen molar-refractivity contribution in [2.24, 2.45) is 5.92 Å². The highest BCUT2D eigenvalue weighted by molar-refractivity contribution is 7.17. The number of carbonyl (C=O) groups is 1. The van der Waals surface area contributed by atoms with Gasteiger partial charge >= 0.3 is 0 Å². The summed E-state index contributed by atoms with van der Waals surface area (Å²) in [5, 5.41) is 9.43. The van der Waals surface area contributed by atoms with Gasteiger partial charge in [-0.2, -0.15) is 5.10 Å². The third-order valence-corrected chi connectivity index (χ3v) is 6.85. The van der Waals surface area contributed by atoms with Crippen molar-refractivity contribution in [3.8, 4) is 5.69 Å². The molecule has 1 aromatic carbocycles. The monoisotopic (exact) mass is 432 g/mol. The molecule has 5 rings (SSSR count). The number of carbonyl (C=O) groups excluding carboxylic acids is 1. The maximum Gasteiger partial charge on any atom is 0.269 e. The molecule has 1 N–H and O–H groups in total. The summed E-state index contributed by atoms with van der Waals surface area (Å²) in [6.07, 6.45) is 5.44. The number of hydrogen-bond donors (Lipinski definition) is 1. The fourth-order valence-electron chi connectivity index (χ4n) is 3.92. The molecule has 158 valence electrons. The van der Waals surface area contributed by atoms with Gasteiger partial charge in [0.2, 0.25) is 0 Å². The minimum Gasteiger partial charge on any atom is -0.381 e. The molecule has 4 aromatic rings. The molecule has 0 radical (unpaired) electrons. The molecular weight excluding hydrogens is 408 g/mol. The van der Waals surface area contributed by atoms with Crippen molar-refractivity contribution in [1.29, 1.82) is 0 Å². The Bertz CT molecular complexity index is 1190. The number of nitrogens with one attached hydrogen (secondary N) is 1. The van der Waals surface area contributed by atoms with E-state index in [0.717, 1.165) is 53.1 Å². The van der Waals surface area contributed by atoms with E-state index >= 15 is 0 Å². The maximum absolute atomic E-state index is 12.8. The largest absolute Gasteiger partial charge is 0.381 e. The van der Waals surface area contributed by atoms with Crippen LogP contribution in [0, 0.1) is 12.8 Å². The van der Waals surface area contributed by atoms with Crippen molar-refractivity contribution in [2.75, 3.05) is 19.8 Å². The van der Waals surface area contributed by atoms with Gasteiger partial charge in [0.15, 0.2) is 0 Å². The molecule has 31 heavy (non-hydrogen) atoms. The van der Waals surface area contributed by atoms with E-state index in [1.807, 2.05) is 29.9 Å². The quantitative estimate of drug-likeness (QED) is 0.497. The van der Waals surface area contributed by atoms with Gasteiger partial charge in [-0.15, -0.1) is 11.3 Å². The molecule has 4 heterocycles. The van der Waals surface area contributed by atoms with E-state index in [-0.39, 0.29) is 5.91 Å². The molecule has 1 amide bonds. The van der Waals surface area contributed by atoms with Gasteiger partial charge in [0, 0.05) is 31.5 Å². The molecule has 7 heteroatoms. The molecule has 1 aliphatic rings. The van der Waals surface area contributed by atoms with Gasteiger partial charge in [-0.05, 0) is 66.1 Å². The van der Waals surface area contributed by atoms with Crippen LogP contribution in [0.25, 0.3) is 15.9 Å². The number of benzene rings is 1. The van der Waals surface area contributed by atoms with Crippen LogP contribution in [0.15, 0.2) is 54.2 Å². The Kier molecular flexibility index (Phi) is 5.53. The van der Waals surface area contributed by atoms with Crippen LogP contribution in [0.1, 0.15) is 33.6 Å². The van der Waals surface area contributed by atoms with E-state index in [1.54, 1.807) is 17.5 Å². The van der Waals surface area contributed by atoms with Crippen molar-refractivity contribution >= 4 is 27.5 Å². The van der Waals surface area contributed by atoms with Gasteiger partial charge in [-0.25, -0.2) is 9.67 Å². The Labute approximate surface area is 184 Å². The Balaban J connectivity index is 1.40. The number of rotatable bonds is 6. The normalized spacial score (nSPS) is 16.1. The lowest BCUT2D eigenvalue weighted by atomic mass is 10.0. The molecule has 0 aliphatic carbocycles. The molecule has 1 atom stereocenters. The molecule has 1 saturated heterocycles. The van der Waals surface area contributed by atoms with Crippen LogP contribution in [0.5, 0.6) is 0 Å². The van der Waals surface area contributed by atoms with Crippen molar-refractivity contribution in [2.45, 2.75) is 19.8 Å². The highest BCUT2D eigenvalue weighted by Crippen LogP contribution is 2.29. The molecule has 1 fully saturated rings. The van der Waals surface area contributed by atoms with E-state index < -0.39 is 0 Å². The molecule has 0 saturated carbocycles. The first-order valence-electron chi connectivity index (χ1n) is 10.5. The van der Waals surface area contributed by atoms with Crippen LogP contribution in [0.4, 0.5) is 0 Å². The van der Waals surface area contributed by atoms with Crippen LogP contribution in [-0.2, 0) is 11.2 Å². The zero-order valence-electron chi connectivity index (χ0n) is 17.4. The SMILES string of the molecule is Cc1csc2c(Cc3ccc(-n4cccn4)cc3)cc(C(=O)NCC3CCOC3)nc12. The lowest BCUT2D eigenvalue weighted by Crippen LogP contribution is -2.30. The van der Waals surface area contributed by atoms with E-state index in [1.165, 1.54) is 5.56 Å². The third-order valence-electron chi connectivity index (χ3n) is 5.68. The second-order valence-corrected chi connectivity index (χ2v) is 8.88. The highest BCUT2D eigenvalue weighted by Gasteiger charge is 2.19. The van der Waals surface area contributed by atoms with Crippen molar-refractivity contribution in [1.82, 2.24) is 20.1 Å². The van der Waals surface area contributed by atoms with Gasteiger partial charge in [0.05, 0.1) is 22.5 Å². The Hall–Kier alpha value is -3.03. The number of fused-ring (bicyclic) bond motifs is 1. The predicted molar refractivity (Wildman–Crippen MR) is 122 cm³/mol. The average molecular weight is 433 g/mol. The first-order chi connectivity index (χ1) is 15.2. The lowest BCUT2D eigenvalue weighted by Gasteiger charge is -2.11. The molecule has 6 nitrogen and oxygen atoms in total. The minimum absolute atomic E-state index is 0.116. The second-order valence-electron chi connectivity index (χ2n) is 8.00. The Morgan fingerprint density at radius 1 is 1.32 bits per heavy atom.